The summed E-state index contributed by atoms with van der Waals surface area (Å²) in [6.07, 6.45) is 1.19. The molecule has 0 spiro atoms. The van der Waals surface area contributed by atoms with Gasteiger partial charge >= 0.3 is 0 Å². The predicted molar refractivity (Wildman–Crippen MR) is 57.3 cm³/mol. The third-order valence-electron chi connectivity index (χ3n) is 1.93. The van der Waals surface area contributed by atoms with E-state index in [1.54, 1.807) is 18.2 Å². The molecule has 0 aliphatic heterocycles. The van der Waals surface area contributed by atoms with Crippen LogP contribution in [0.1, 0.15) is 11.1 Å². The summed E-state index contributed by atoms with van der Waals surface area (Å²) in [5.41, 5.74) is 13.1. The van der Waals surface area contributed by atoms with Crippen molar-refractivity contribution in [1.29, 1.82) is 0 Å². The zero-order valence-electron chi connectivity index (χ0n) is 8.03. The molecule has 0 atom stereocenters. The maximum atomic E-state index is 11.1. The van der Waals surface area contributed by atoms with Gasteiger partial charge in [0.05, 0.1) is 5.75 Å². The molecule has 4 N–H and O–H groups in total. The van der Waals surface area contributed by atoms with Crippen molar-refractivity contribution in [2.75, 3.05) is 12.0 Å². The Morgan fingerprint density at radius 2 is 2.00 bits per heavy atom. The summed E-state index contributed by atoms with van der Waals surface area (Å²) < 4.78 is 22.2. The van der Waals surface area contributed by atoms with Gasteiger partial charge in [0, 0.05) is 18.5 Å². The van der Waals surface area contributed by atoms with Crippen molar-refractivity contribution in [3.8, 4) is 0 Å². The third-order valence-corrected chi connectivity index (χ3v) is 2.77. The Kier molecular flexibility index (Phi) is 3.13. The van der Waals surface area contributed by atoms with Crippen molar-refractivity contribution in [3.05, 3.63) is 29.3 Å². The zero-order chi connectivity index (χ0) is 10.8. The summed E-state index contributed by atoms with van der Waals surface area (Å²) in [7, 11) is -3.04. The molecular weight excluding hydrogens is 200 g/mol. The first-order valence-corrected chi connectivity index (χ1v) is 6.24. The van der Waals surface area contributed by atoms with Gasteiger partial charge in [0.25, 0.3) is 0 Å². The summed E-state index contributed by atoms with van der Waals surface area (Å²) in [6.45, 7) is 0.261. The van der Waals surface area contributed by atoms with Crippen LogP contribution in [0.25, 0.3) is 0 Å². The minimum Gasteiger partial charge on any atom is -0.398 e. The van der Waals surface area contributed by atoms with E-state index in [1.807, 2.05) is 0 Å². The molecule has 0 radical (unpaired) electrons. The monoisotopic (exact) mass is 214 g/mol. The first-order valence-electron chi connectivity index (χ1n) is 4.18. The average Bonchev–Trinajstić information content (AvgIpc) is 2.01. The highest BCUT2D eigenvalue weighted by Crippen LogP contribution is 2.18. The second-order valence-electron chi connectivity index (χ2n) is 3.26. The quantitative estimate of drug-likeness (QED) is 0.707. The largest absolute Gasteiger partial charge is 0.398 e. The molecule has 0 heterocycles. The number of sulfone groups is 1. The van der Waals surface area contributed by atoms with Crippen molar-refractivity contribution in [2.45, 2.75) is 12.3 Å². The summed E-state index contributed by atoms with van der Waals surface area (Å²) in [4.78, 5) is 0. The van der Waals surface area contributed by atoms with Crippen LogP contribution in [0.4, 0.5) is 5.69 Å². The zero-order valence-corrected chi connectivity index (χ0v) is 8.84. The molecule has 0 amide bonds. The van der Waals surface area contributed by atoms with Crippen molar-refractivity contribution in [1.82, 2.24) is 0 Å². The van der Waals surface area contributed by atoms with Crippen molar-refractivity contribution in [2.24, 2.45) is 5.73 Å². The Balaban J connectivity index is 3.15. The molecule has 1 rings (SSSR count). The third kappa shape index (κ3) is 2.71. The van der Waals surface area contributed by atoms with Crippen molar-refractivity contribution >= 4 is 15.5 Å². The minimum atomic E-state index is -3.04. The van der Waals surface area contributed by atoms with Gasteiger partial charge in [-0.2, -0.15) is 0 Å². The summed E-state index contributed by atoms with van der Waals surface area (Å²) in [6, 6.07) is 5.18. The maximum Gasteiger partial charge on any atom is 0.151 e. The molecule has 1 aromatic carbocycles. The van der Waals surface area contributed by atoms with Gasteiger partial charge < -0.3 is 11.5 Å². The van der Waals surface area contributed by atoms with Crippen LogP contribution in [-0.2, 0) is 22.1 Å². The maximum absolute atomic E-state index is 11.1. The van der Waals surface area contributed by atoms with E-state index in [-0.39, 0.29) is 12.3 Å². The number of nitrogen functional groups attached to an aromatic ring is 1. The van der Waals surface area contributed by atoms with Crippen LogP contribution < -0.4 is 11.5 Å². The molecule has 0 saturated carbocycles. The van der Waals surface area contributed by atoms with E-state index in [4.69, 9.17) is 11.5 Å². The van der Waals surface area contributed by atoms with Crippen LogP contribution in [0, 0.1) is 0 Å². The predicted octanol–water partition coefficient (Wildman–Crippen LogP) is 0.272. The summed E-state index contributed by atoms with van der Waals surface area (Å²) >= 11 is 0. The molecule has 0 aliphatic rings. The lowest BCUT2D eigenvalue weighted by Gasteiger charge is -2.09. The smallest absolute Gasteiger partial charge is 0.151 e. The first-order chi connectivity index (χ1) is 6.44. The van der Waals surface area contributed by atoms with Crippen LogP contribution in [0.5, 0.6) is 0 Å². The number of hydrogen-bond donors (Lipinski definition) is 2. The van der Waals surface area contributed by atoms with Crippen molar-refractivity contribution < 1.29 is 8.42 Å². The van der Waals surface area contributed by atoms with E-state index in [1.165, 1.54) is 6.26 Å². The van der Waals surface area contributed by atoms with Gasteiger partial charge in [-0.1, -0.05) is 12.1 Å². The number of anilines is 1. The highest BCUT2D eigenvalue weighted by molar-refractivity contribution is 7.89. The Morgan fingerprint density at radius 3 is 2.50 bits per heavy atom. The number of hydrogen-bond acceptors (Lipinski definition) is 4. The molecule has 5 heteroatoms. The standard InChI is InChI=1S/C9H14N2O2S/c1-14(12,13)6-7-3-2-4-9(11)8(7)5-10/h2-4H,5-6,10-11H2,1H3. The molecule has 0 bridgehead atoms. The average molecular weight is 214 g/mol. The topological polar surface area (TPSA) is 86.2 Å². The van der Waals surface area contributed by atoms with E-state index in [0.29, 0.717) is 11.3 Å². The highest BCUT2D eigenvalue weighted by atomic mass is 32.2. The van der Waals surface area contributed by atoms with Crippen LogP contribution in [-0.4, -0.2) is 14.7 Å². The number of rotatable bonds is 3. The minimum absolute atomic E-state index is 0.00935. The normalized spacial score (nSPS) is 11.6. The Bertz CT molecular complexity index is 426. The Morgan fingerprint density at radius 1 is 1.36 bits per heavy atom. The van der Waals surface area contributed by atoms with Gasteiger partial charge in [0.2, 0.25) is 0 Å². The van der Waals surface area contributed by atoms with Crippen molar-refractivity contribution in [3.63, 3.8) is 0 Å². The van der Waals surface area contributed by atoms with Crippen LogP contribution in [0.2, 0.25) is 0 Å². The Labute approximate surface area is 83.8 Å². The molecule has 0 saturated heterocycles. The van der Waals surface area contributed by atoms with Crippen LogP contribution in [0.3, 0.4) is 0 Å². The second kappa shape index (κ2) is 3.98. The lowest BCUT2D eigenvalue weighted by Crippen LogP contribution is -2.09. The number of nitrogens with two attached hydrogens (primary N) is 2. The lowest BCUT2D eigenvalue weighted by atomic mass is 10.1. The Hall–Kier alpha value is -1.07. The first kappa shape index (κ1) is 11.0. The highest BCUT2D eigenvalue weighted by Gasteiger charge is 2.09. The van der Waals surface area contributed by atoms with Crippen LogP contribution >= 0.6 is 0 Å². The molecular formula is C9H14N2O2S. The van der Waals surface area contributed by atoms with E-state index in [2.05, 4.69) is 0 Å². The molecule has 14 heavy (non-hydrogen) atoms. The number of benzene rings is 1. The van der Waals surface area contributed by atoms with Gasteiger partial charge in [0.15, 0.2) is 9.84 Å². The fourth-order valence-corrected chi connectivity index (χ4v) is 2.16. The van der Waals surface area contributed by atoms with E-state index < -0.39 is 9.84 Å². The summed E-state index contributed by atoms with van der Waals surface area (Å²) in [5, 5.41) is 0. The fraction of sp³-hybridized carbons (Fsp3) is 0.333. The van der Waals surface area contributed by atoms with E-state index in [9.17, 15) is 8.42 Å². The molecule has 0 aromatic heterocycles. The van der Waals surface area contributed by atoms with Gasteiger partial charge in [-0.3, -0.25) is 0 Å². The molecule has 0 aliphatic carbocycles. The van der Waals surface area contributed by atoms with Gasteiger partial charge in [-0.05, 0) is 17.2 Å². The van der Waals surface area contributed by atoms with E-state index in [0.717, 1.165) is 5.56 Å². The van der Waals surface area contributed by atoms with Gasteiger partial charge in [0.1, 0.15) is 0 Å². The van der Waals surface area contributed by atoms with E-state index >= 15 is 0 Å². The molecule has 0 fully saturated rings. The fourth-order valence-electron chi connectivity index (χ4n) is 1.32. The SMILES string of the molecule is CS(=O)(=O)Cc1cccc(N)c1CN. The summed E-state index contributed by atoms with van der Waals surface area (Å²) in [5.74, 6) is -0.00935. The second-order valence-corrected chi connectivity index (χ2v) is 5.40. The van der Waals surface area contributed by atoms with Crippen LogP contribution in [0.15, 0.2) is 18.2 Å². The molecule has 4 nitrogen and oxygen atoms in total. The van der Waals surface area contributed by atoms with Gasteiger partial charge in [-0.15, -0.1) is 0 Å². The molecule has 0 unspecified atom stereocenters. The lowest BCUT2D eigenvalue weighted by molar-refractivity contribution is 0.601. The molecule has 78 valence electrons. The van der Waals surface area contributed by atoms with Gasteiger partial charge in [-0.25, -0.2) is 8.42 Å². The molecule has 1 aromatic rings.